The van der Waals surface area contributed by atoms with Crippen LogP contribution in [0.1, 0.15) is 30.5 Å². The molecule has 1 amide bonds. The molecular formula is C20H22ClNO4. The first-order chi connectivity index (χ1) is 12.4. The number of aliphatic carboxylic acids is 1. The lowest BCUT2D eigenvalue weighted by molar-refractivity contribution is -0.142. The number of amides is 1. The first-order valence-corrected chi connectivity index (χ1v) is 8.69. The molecule has 0 aromatic heterocycles. The molecule has 2 rings (SSSR count). The summed E-state index contributed by atoms with van der Waals surface area (Å²) in [5, 5.41) is 12.7. The van der Waals surface area contributed by atoms with Crippen molar-refractivity contribution < 1.29 is 19.4 Å². The van der Waals surface area contributed by atoms with E-state index in [1.807, 2.05) is 36.4 Å². The number of carboxylic acid groups (broad SMARTS) is 1. The molecule has 0 radical (unpaired) electrons. The highest BCUT2D eigenvalue weighted by Crippen LogP contribution is 2.26. The van der Waals surface area contributed by atoms with Crippen molar-refractivity contribution in [3.05, 3.63) is 64.7 Å². The highest BCUT2D eigenvalue weighted by Gasteiger charge is 2.26. The van der Waals surface area contributed by atoms with Crippen LogP contribution in [0.15, 0.2) is 48.5 Å². The highest BCUT2D eigenvalue weighted by atomic mass is 35.5. The zero-order valence-corrected chi connectivity index (χ0v) is 15.5. The number of nitrogens with one attached hydrogen (secondary N) is 1. The van der Waals surface area contributed by atoms with Gasteiger partial charge in [-0.15, -0.1) is 0 Å². The summed E-state index contributed by atoms with van der Waals surface area (Å²) in [6.07, 6.45) is 0.733. The molecule has 2 aromatic carbocycles. The Labute approximate surface area is 157 Å². The van der Waals surface area contributed by atoms with Gasteiger partial charge in [0, 0.05) is 6.42 Å². The molecule has 0 spiro atoms. The van der Waals surface area contributed by atoms with Crippen molar-refractivity contribution in [3.8, 4) is 5.75 Å². The molecule has 0 aliphatic carbocycles. The molecule has 2 unspecified atom stereocenters. The van der Waals surface area contributed by atoms with Gasteiger partial charge in [-0.25, -0.2) is 0 Å². The number of methoxy groups -OCH3 is 1. The van der Waals surface area contributed by atoms with E-state index >= 15 is 0 Å². The van der Waals surface area contributed by atoms with Gasteiger partial charge < -0.3 is 15.2 Å². The van der Waals surface area contributed by atoms with E-state index in [0.29, 0.717) is 17.2 Å². The fourth-order valence-corrected chi connectivity index (χ4v) is 2.95. The maximum Gasteiger partial charge on any atom is 0.308 e. The average Bonchev–Trinajstić information content (AvgIpc) is 2.64. The molecule has 2 N–H and O–H groups in total. The van der Waals surface area contributed by atoms with E-state index in [0.717, 1.165) is 11.1 Å². The Morgan fingerprint density at radius 1 is 1.19 bits per heavy atom. The van der Waals surface area contributed by atoms with Gasteiger partial charge in [-0.3, -0.25) is 9.59 Å². The molecular weight excluding hydrogens is 354 g/mol. The molecule has 2 aromatic rings. The number of ether oxygens (including phenoxy) is 1. The fourth-order valence-electron chi connectivity index (χ4n) is 2.67. The number of halogens is 1. The molecule has 138 valence electrons. The lowest BCUT2D eigenvalue weighted by Crippen LogP contribution is -2.35. The Hall–Kier alpha value is -2.53. The number of rotatable bonds is 8. The molecule has 0 bridgehead atoms. The first kappa shape index (κ1) is 19.8. The van der Waals surface area contributed by atoms with Gasteiger partial charge in [-0.1, -0.05) is 48.0 Å². The number of hydrogen-bond acceptors (Lipinski definition) is 3. The number of carbonyl (C=O) groups excluding carboxylic acids is 1. The lowest BCUT2D eigenvalue weighted by Gasteiger charge is -2.23. The Morgan fingerprint density at radius 2 is 1.88 bits per heavy atom. The summed E-state index contributed by atoms with van der Waals surface area (Å²) in [5.41, 5.74) is 1.68. The fraction of sp³-hybridized carbons (Fsp3) is 0.300. The Kier molecular flexibility index (Phi) is 7.04. The SMILES string of the molecule is COc1ccc(CCC(=O)NC(c2ccccc2)C(C)C(=O)O)cc1Cl. The highest BCUT2D eigenvalue weighted by molar-refractivity contribution is 6.32. The zero-order chi connectivity index (χ0) is 19.1. The van der Waals surface area contributed by atoms with E-state index in [-0.39, 0.29) is 12.3 Å². The van der Waals surface area contributed by atoms with Crippen molar-refractivity contribution in [1.82, 2.24) is 5.32 Å². The van der Waals surface area contributed by atoms with Gasteiger partial charge in [-0.05, 0) is 36.6 Å². The summed E-state index contributed by atoms with van der Waals surface area (Å²) >= 11 is 6.09. The number of hydrogen-bond donors (Lipinski definition) is 2. The second kappa shape index (κ2) is 9.25. The molecule has 0 saturated heterocycles. The van der Waals surface area contributed by atoms with Crippen LogP contribution in [-0.4, -0.2) is 24.1 Å². The summed E-state index contributed by atoms with van der Waals surface area (Å²) in [7, 11) is 1.54. The molecule has 5 nitrogen and oxygen atoms in total. The van der Waals surface area contributed by atoms with E-state index < -0.39 is 17.9 Å². The second-order valence-electron chi connectivity index (χ2n) is 6.05. The third-order valence-electron chi connectivity index (χ3n) is 4.22. The van der Waals surface area contributed by atoms with Crippen LogP contribution >= 0.6 is 11.6 Å². The Bertz CT molecular complexity index is 764. The van der Waals surface area contributed by atoms with Gasteiger partial charge in [0.1, 0.15) is 5.75 Å². The van der Waals surface area contributed by atoms with Gasteiger partial charge in [0.05, 0.1) is 24.1 Å². The summed E-state index contributed by atoms with van der Waals surface area (Å²) in [6.45, 7) is 1.59. The Balaban J connectivity index is 2.03. The van der Waals surface area contributed by atoms with E-state index in [9.17, 15) is 14.7 Å². The smallest absolute Gasteiger partial charge is 0.308 e. The van der Waals surface area contributed by atoms with Crippen molar-refractivity contribution in [2.24, 2.45) is 5.92 Å². The van der Waals surface area contributed by atoms with Crippen LogP contribution in [0.3, 0.4) is 0 Å². The average molecular weight is 376 g/mol. The van der Waals surface area contributed by atoms with E-state index in [2.05, 4.69) is 5.32 Å². The number of aryl methyl sites for hydroxylation is 1. The van der Waals surface area contributed by atoms with Crippen molar-refractivity contribution in [2.45, 2.75) is 25.8 Å². The van der Waals surface area contributed by atoms with E-state index in [4.69, 9.17) is 16.3 Å². The monoisotopic (exact) mass is 375 g/mol. The second-order valence-corrected chi connectivity index (χ2v) is 6.46. The molecule has 0 aliphatic rings. The molecule has 0 saturated carbocycles. The molecule has 6 heteroatoms. The van der Waals surface area contributed by atoms with Gasteiger partial charge >= 0.3 is 5.97 Å². The number of benzene rings is 2. The largest absolute Gasteiger partial charge is 0.495 e. The summed E-state index contributed by atoms with van der Waals surface area (Å²) in [4.78, 5) is 23.8. The van der Waals surface area contributed by atoms with Crippen LogP contribution in [0.5, 0.6) is 5.75 Å². The van der Waals surface area contributed by atoms with Gasteiger partial charge in [0.2, 0.25) is 5.91 Å². The third kappa shape index (κ3) is 5.23. The van der Waals surface area contributed by atoms with Crippen LogP contribution in [0.25, 0.3) is 0 Å². The topological polar surface area (TPSA) is 75.6 Å². The first-order valence-electron chi connectivity index (χ1n) is 8.32. The maximum absolute atomic E-state index is 12.4. The third-order valence-corrected chi connectivity index (χ3v) is 4.52. The standard InChI is InChI=1S/C20H22ClNO4/c1-13(20(24)25)19(15-6-4-3-5-7-15)22-18(23)11-9-14-8-10-17(26-2)16(21)12-14/h3-8,10,12-13,19H,9,11H2,1-2H3,(H,22,23)(H,24,25). The van der Waals surface area contributed by atoms with Gasteiger partial charge in [-0.2, -0.15) is 0 Å². The van der Waals surface area contributed by atoms with Crippen LogP contribution < -0.4 is 10.1 Å². The quantitative estimate of drug-likeness (QED) is 0.734. The predicted molar refractivity (Wildman–Crippen MR) is 100 cm³/mol. The minimum absolute atomic E-state index is 0.209. The van der Waals surface area contributed by atoms with Crippen LogP contribution in [0.4, 0.5) is 0 Å². The van der Waals surface area contributed by atoms with Gasteiger partial charge in [0.15, 0.2) is 0 Å². The molecule has 26 heavy (non-hydrogen) atoms. The minimum atomic E-state index is -0.957. The summed E-state index contributed by atoms with van der Waals surface area (Å²) in [5.74, 6) is -1.32. The Morgan fingerprint density at radius 3 is 2.46 bits per heavy atom. The van der Waals surface area contributed by atoms with Crippen molar-refractivity contribution >= 4 is 23.5 Å². The molecule has 0 aliphatic heterocycles. The lowest BCUT2D eigenvalue weighted by atomic mass is 9.94. The minimum Gasteiger partial charge on any atom is -0.495 e. The van der Waals surface area contributed by atoms with Crippen molar-refractivity contribution in [1.29, 1.82) is 0 Å². The van der Waals surface area contributed by atoms with Crippen molar-refractivity contribution in [2.75, 3.05) is 7.11 Å². The molecule has 2 atom stereocenters. The predicted octanol–water partition coefficient (Wildman–Crippen LogP) is 3.86. The number of carbonyl (C=O) groups is 2. The summed E-state index contributed by atoms with van der Waals surface area (Å²) < 4.78 is 5.11. The normalized spacial score (nSPS) is 12.9. The van der Waals surface area contributed by atoms with Crippen LogP contribution in [0, 0.1) is 5.92 Å². The zero-order valence-electron chi connectivity index (χ0n) is 14.7. The molecule has 0 heterocycles. The van der Waals surface area contributed by atoms with Crippen LogP contribution in [0.2, 0.25) is 5.02 Å². The number of carboxylic acids is 1. The summed E-state index contributed by atoms with van der Waals surface area (Å²) in [6, 6.07) is 13.9. The van der Waals surface area contributed by atoms with Crippen molar-refractivity contribution in [3.63, 3.8) is 0 Å². The van der Waals surface area contributed by atoms with Crippen LogP contribution in [-0.2, 0) is 16.0 Å². The van der Waals surface area contributed by atoms with E-state index in [1.54, 1.807) is 26.2 Å². The molecule has 0 fully saturated rings. The van der Waals surface area contributed by atoms with E-state index in [1.165, 1.54) is 0 Å². The van der Waals surface area contributed by atoms with Gasteiger partial charge in [0.25, 0.3) is 0 Å². The maximum atomic E-state index is 12.4.